The number of rotatable bonds is 6. The minimum atomic E-state index is -0.621. The highest BCUT2D eigenvalue weighted by Crippen LogP contribution is 2.25. The summed E-state index contributed by atoms with van der Waals surface area (Å²) in [5, 5.41) is 20.1. The maximum atomic E-state index is 12.4. The van der Waals surface area contributed by atoms with Crippen LogP contribution in [0.1, 0.15) is 30.6 Å². The van der Waals surface area contributed by atoms with Crippen molar-refractivity contribution in [3.05, 3.63) is 38.9 Å². The molecule has 0 heterocycles. The van der Waals surface area contributed by atoms with Crippen LogP contribution in [0.3, 0.4) is 0 Å². The van der Waals surface area contributed by atoms with Gasteiger partial charge < -0.3 is 10.0 Å². The van der Waals surface area contributed by atoms with E-state index in [-0.39, 0.29) is 28.9 Å². The fraction of sp³-hybridized carbons (Fsp3) is 0.462. The molecule has 110 valence electrons. The van der Waals surface area contributed by atoms with Crippen molar-refractivity contribution in [3.63, 3.8) is 0 Å². The summed E-state index contributed by atoms with van der Waals surface area (Å²) >= 11 is 5.73. The first kappa shape index (κ1) is 16.4. The van der Waals surface area contributed by atoms with Gasteiger partial charge in [0.05, 0.1) is 4.92 Å². The topological polar surface area (TPSA) is 83.7 Å². The van der Waals surface area contributed by atoms with Crippen LogP contribution in [0.4, 0.5) is 5.69 Å². The zero-order chi connectivity index (χ0) is 15.3. The second kappa shape index (κ2) is 7.21. The Hall–Kier alpha value is -1.66. The van der Waals surface area contributed by atoms with Gasteiger partial charge in [0.15, 0.2) is 0 Å². The second-order valence-electron chi connectivity index (χ2n) is 4.59. The lowest BCUT2D eigenvalue weighted by atomic mass is 10.1. The number of carbonyl (C=O) groups excluding carboxylic acids is 1. The highest BCUT2D eigenvalue weighted by atomic mass is 35.5. The molecule has 0 aromatic heterocycles. The maximum absolute atomic E-state index is 12.4. The molecule has 0 fully saturated rings. The molecule has 1 amide bonds. The third kappa shape index (κ3) is 3.91. The van der Waals surface area contributed by atoms with Gasteiger partial charge in [-0.15, -0.1) is 0 Å². The van der Waals surface area contributed by atoms with Gasteiger partial charge in [0.25, 0.3) is 11.6 Å². The van der Waals surface area contributed by atoms with Crippen molar-refractivity contribution < 1.29 is 14.8 Å². The van der Waals surface area contributed by atoms with E-state index in [4.69, 9.17) is 16.7 Å². The number of aliphatic hydroxyl groups excluding tert-OH is 1. The van der Waals surface area contributed by atoms with Crippen LogP contribution in [-0.2, 0) is 0 Å². The fourth-order valence-corrected chi connectivity index (χ4v) is 1.99. The number of carbonyl (C=O) groups is 1. The zero-order valence-electron chi connectivity index (χ0n) is 11.4. The van der Waals surface area contributed by atoms with E-state index in [0.29, 0.717) is 13.0 Å². The normalized spacial score (nSPS) is 10.7. The van der Waals surface area contributed by atoms with Crippen LogP contribution in [-0.4, -0.2) is 40.0 Å². The first-order valence-electron chi connectivity index (χ1n) is 6.24. The minimum absolute atomic E-state index is 0.00559. The molecule has 1 aromatic carbocycles. The summed E-state index contributed by atoms with van der Waals surface area (Å²) in [6.45, 7) is 3.93. The van der Waals surface area contributed by atoms with Gasteiger partial charge in [-0.2, -0.15) is 0 Å². The quantitative estimate of drug-likeness (QED) is 0.646. The molecule has 0 atom stereocenters. The molecule has 0 unspecified atom stereocenters. The number of hydrogen-bond donors (Lipinski definition) is 1. The number of nitro groups is 1. The van der Waals surface area contributed by atoms with E-state index in [9.17, 15) is 14.9 Å². The molecule has 1 N–H and O–H groups in total. The molecule has 20 heavy (non-hydrogen) atoms. The fourth-order valence-electron chi connectivity index (χ4n) is 1.83. The van der Waals surface area contributed by atoms with E-state index in [2.05, 4.69) is 0 Å². The first-order valence-corrected chi connectivity index (χ1v) is 6.62. The van der Waals surface area contributed by atoms with Crippen molar-refractivity contribution in [2.45, 2.75) is 26.3 Å². The molecular formula is C13H17ClN2O4. The van der Waals surface area contributed by atoms with Crippen LogP contribution < -0.4 is 0 Å². The second-order valence-corrected chi connectivity index (χ2v) is 5.02. The van der Waals surface area contributed by atoms with Crippen LogP contribution in [0.5, 0.6) is 0 Å². The van der Waals surface area contributed by atoms with Gasteiger partial charge in [0.2, 0.25) is 0 Å². The minimum Gasteiger partial charge on any atom is -0.396 e. The maximum Gasteiger partial charge on any atom is 0.283 e. The van der Waals surface area contributed by atoms with Gasteiger partial charge in [0.1, 0.15) is 5.56 Å². The van der Waals surface area contributed by atoms with Crippen LogP contribution in [0.25, 0.3) is 0 Å². The third-order valence-corrected chi connectivity index (χ3v) is 3.06. The Morgan fingerprint density at radius 2 is 2.15 bits per heavy atom. The number of benzene rings is 1. The summed E-state index contributed by atoms with van der Waals surface area (Å²) in [6, 6.07) is 3.85. The number of nitrogens with zero attached hydrogens (tertiary/aromatic N) is 2. The lowest BCUT2D eigenvalue weighted by molar-refractivity contribution is -0.385. The summed E-state index contributed by atoms with van der Waals surface area (Å²) in [4.78, 5) is 24.3. The molecule has 1 aromatic rings. The van der Waals surface area contributed by atoms with Gasteiger partial charge in [-0.05, 0) is 32.4 Å². The molecule has 0 saturated carbocycles. The molecule has 0 radical (unpaired) electrons. The zero-order valence-corrected chi connectivity index (χ0v) is 12.1. The number of aliphatic hydroxyl groups is 1. The van der Waals surface area contributed by atoms with Gasteiger partial charge in [-0.25, -0.2) is 0 Å². The Balaban J connectivity index is 3.14. The van der Waals surface area contributed by atoms with Crippen LogP contribution in [0.2, 0.25) is 5.02 Å². The molecule has 0 bridgehead atoms. The SMILES string of the molecule is CC(C)N(CCCO)C(=O)c1ccc(Cl)cc1[N+](=O)[O-]. The Bertz CT molecular complexity index is 505. The van der Waals surface area contributed by atoms with Crippen LogP contribution in [0, 0.1) is 10.1 Å². The molecule has 0 aliphatic rings. The Morgan fingerprint density at radius 3 is 2.65 bits per heavy atom. The van der Waals surface area contributed by atoms with Crippen molar-refractivity contribution in [1.29, 1.82) is 0 Å². The number of hydrogen-bond acceptors (Lipinski definition) is 4. The molecule has 1 rings (SSSR count). The molecule has 0 aliphatic heterocycles. The molecule has 0 spiro atoms. The molecule has 7 heteroatoms. The number of nitro benzene ring substituents is 1. The molecular weight excluding hydrogens is 284 g/mol. The molecule has 6 nitrogen and oxygen atoms in total. The molecule has 0 saturated heterocycles. The van der Waals surface area contributed by atoms with E-state index in [1.807, 2.05) is 13.8 Å². The summed E-state index contributed by atoms with van der Waals surface area (Å²) in [5.41, 5.74) is -0.303. The Morgan fingerprint density at radius 1 is 1.50 bits per heavy atom. The van der Waals surface area contributed by atoms with Crippen molar-refractivity contribution in [2.75, 3.05) is 13.2 Å². The summed E-state index contributed by atoms with van der Waals surface area (Å²) < 4.78 is 0. The smallest absolute Gasteiger partial charge is 0.283 e. The van der Waals surface area contributed by atoms with E-state index in [0.717, 1.165) is 0 Å². The van der Waals surface area contributed by atoms with Gasteiger partial charge in [0, 0.05) is 30.3 Å². The van der Waals surface area contributed by atoms with Crippen molar-refractivity contribution >= 4 is 23.2 Å². The Labute approximate surface area is 122 Å². The average Bonchev–Trinajstić information content (AvgIpc) is 2.38. The lowest BCUT2D eigenvalue weighted by Gasteiger charge is -2.26. The predicted molar refractivity (Wildman–Crippen MR) is 76.0 cm³/mol. The largest absolute Gasteiger partial charge is 0.396 e. The van der Waals surface area contributed by atoms with Crippen molar-refractivity contribution in [3.8, 4) is 0 Å². The van der Waals surface area contributed by atoms with E-state index >= 15 is 0 Å². The number of halogens is 1. The third-order valence-electron chi connectivity index (χ3n) is 2.83. The van der Waals surface area contributed by atoms with E-state index in [1.165, 1.54) is 23.1 Å². The van der Waals surface area contributed by atoms with Crippen LogP contribution >= 0.6 is 11.6 Å². The highest BCUT2D eigenvalue weighted by Gasteiger charge is 2.26. The summed E-state index contributed by atoms with van der Waals surface area (Å²) in [5.74, 6) is -0.434. The van der Waals surface area contributed by atoms with Gasteiger partial charge >= 0.3 is 0 Å². The predicted octanol–water partition coefficient (Wildman–Crippen LogP) is 2.48. The first-order chi connectivity index (χ1) is 9.38. The van der Waals surface area contributed by atoms with E-state index < -0.39 is 10.8 Å². The summed E-state index contributed by atoms with van der Waals surface area (Å²) in [6.07, 6.45) is 0.422. The van der Waals surface area contributed by atoms with Gasteiger partial charge in [-0.1, -0.05) is 11.6 Å². The van der Waals surface area contributed by atoms with E-state index in [1.54, 1.807) is 0 Å². The Kier molecular flexibility index (Phi) is 5.91. The van der Waals surface area contributed by atoms with Gasteiger partial charge in [-0.3, -0.25) is 14.9 Å². The number of amides is 1. The standard InChI is InChI=1S/C13H17ClN2O4/c1-9(2)15(6-3-7-17)13(18)11-5-4-10(14)8-12(11)16(19)20/h4-5,8-9,17H,3,6-7H2,1-2H3. The van der Waals surface area contributed by atoms with Crippen LogP contribution in [0.15, 0.2) is 18.2 Å². The highest BCUT2D eigenvalue weighted by molar-refractivity contribution is 6.31. The lowest BCUT2D eigenvalue weighted by Crippen LogP contribution is -2.38. The molecule has 0 aliphatic carbocycles. The van der Waals surface area contributed by atoms with Crippen molar-refractivity contribution in [1.82, 2.24) is 4.90 Å². The monoisotopic (exact) mass is 300 g/mol. The summed E-state index contributed by atoms with van der Waals surface area (Å²) in [7, 11) is 0. The average molecular weight is 301 g/mol. The van der Waals surface area contributed by atoms with Crippen molar-refractivity contribution in [2.24, 2.45) is 0 Å².